The molecule has 58 heavy (non-hydrogen) atoms. The normalized spacial score (nSPS) is 14.9. The molecule has 0 saturated heterocycles. The van der Waals surface area contributed by atoms with Crippen molar-refractivity contribution < 1.29 is 42.8 Å². The van der Waals surface area contributed by atoms with Gasteiger partial charge in [-0.25, -0.2) is 0 Å². The highest BCUT2D eigenvalue weighted by Crippen LogP contribution is 2.52. The molecular formula is C44H55N5O9. The Bertz CT molecular complexity index is 2170. The van der Waals surface area contributed by atoms with Crippen molar-refractivity contribution in [1.29, 1.82) is 0 Å². The number of nitrogens with one attached hydrogen (secondary N) is 3. The number of aryl methyl sites for hydroxylation is 2. The SMILES string of the molecule is COc1cc2c(c(OC)c1OC)-c1ccc(N)cc1[C@@H](NC(C)=O)CC2.COc1cc2c(c(OC)c1OC)-c1ccc(NC(=O)CN(C)C)cc1[C@@H](NC(C)=O)CC2. The first-order valence-corrected chi connectivity index (χ1v) is 18.9. The number of likely N-dealkylation sites (N-methyl/N-ethyl adjacent to an activating group) is 1. The number of carbonyl (C=O) groups is 3. The molecule has 2 aliphatic carbocycles. The molecule has 310 valence electrons. The topological polar surface area (TPSA) is 172 Å². The Labute approximate surface area is 340 Å². The van der Waals surface area contributed by atoms with E-state index in [-0.39, 0.29) is 36.3 Å². The number of ether oxygens (including phenoxy) is 6. The van der Waals surface area contributed by atoms with E-state index in [0.29, 0.717) is 58.7 Å². The van der Waals surface area contributed by atoms with Crippen LogP contribution in [0.4, 0.5) is 11.4 Å². The molecule has 0 bridgehead atoms. The third kappa shape index (κ3) is 9.18. The van der Waals surface area contributed by atoms with Gasteiger partial charge in [0.15, 0.2) is 23.0 Å². The van der Waals surface area contributed by atoms with Crippen molar-refractivity contribution in [3.63, 3.8) is 0 Å². The van der Waals surface area contributed by atoms with Crippen LogP contribution in [0.1, 0.15) is 61.0 Å². The number of benzene rings is 4. The average Bonchev–Trinajstić information content (AvgIpc) is 3.43. The molecule has 0 saturated carbocycles. The summed E-state index contributed by atoms with van der Waals surface area (Å²) in [6, 6.07) is 15.1. The van der Waals surface area contributed by atoms with E-state index in [1.54, 1.807) is 47.6 Å². The summed E-state index contributed by atoms with van der Waals surface area (Å²) in [4.78, 5) is 37.8. The number of hydrogen-bond donors (Lipinski definition) is 4. The van der Waals surface area contributed by atoms with E-state index in [1.807, 2.05) is 62.6 Å². The van der Waals surface area contributed by atoms with Crippen LogP contribution in [0, 0.1) is 0 Å². The van der Waals surface area contributed by atoms with E-state index >= 15 is 0 Å². The Balaban J connectivity index is 0.000000226. The molecule has 4 aromatic rings. The lowest BCUT2D eigenvalue weighted by Crippen LogP contribution is -2.28. The van der Waals surface area contributed by atoms with E-state index in [0.717, 1.165) is 57.3 Å². The van der Waals surface area contributed by atoms with E-state index in [1.165, 1.54) is 13.8 Å². The van der Waals surface area contributed by atoms with Crippen LogP contribution in [0.3, 0.4) is 0 Å². The molecular weight excluding hydrogens is 743 g/mol. The summed E-state index contributed by atoms with van der Waals surface area (Å²) in [5.41, 5.74) is 15.1. The minimum atomic E-state index is -0.220. The summed E-state index contributed by atoms with van der Waals surface area (Å²) >= 11 is 0. The average molecular weight is 798 g/mol. The molecule has 0 fully saturated rings. The van der Waals surface area contributed by atoms with Gasteiger partial charge in [0.1, 0.15) is 0 Å². The zero-order chi connectivity index (χ0) is 42.3. The van der Waals surface area contributed by atoms with Crippen LogP contribution in [-0.2, 0) is 27.2 Å². The Hall–Kier alpha value is -6.15. The summed E-state index contributed by atoms with van der Waals surface area (Å²) in [6.07, 6.45) is 2.90. The van der Waals surface area contributed by atoms with E-state index in [2.05, 4.69) is 16.0 Å². The highest BCUT2D eigenvalue weighted by Gasteiger charge is 2.31. The largest absolute Gasteiger partial charge is 0.493 e. The maximum absolute atomic E-state index is 12.3. The second kappa shape index (κ2) is 18.9. The van der Waals surface area contributed by atoms with Crippen LogP contribution in [0.15, 0.2) is 48.5 Å². The maximum atomic E-state index is 12.3. The predicted molar refractivity (Wildman–Crippen MR) is 224 cm³/mol. The molecule has 0 unspecified atom stereocenters. The smallest absolute Gasteiger partial charge is 0.238 e. The molecule has 2 atom stereocenters. The maximum Gasteiger partial charge on any atom is 0.238 e. The molecule has 6 rings (SSSR count). The second-order valence-corrected chi connectivity index (χ2v) is 14.4. The zero-order valence-electron chi connectivity index (χ0n) is 35.0. The molecule has 0 radical (unpaired) electrons. The van der Waals surface area contributed by atoms with Crippen LogP contribution < -0.4 is 50.1 Å². The minimum absolute atomic E-state index is 0.0727. The molecule has 4 aromatic carbocycles. The van der Waals surface area contributed by atoms with Crippen molar-refractivity contribution in [2.75, 3.05) is 74.3 Å². The van der Waals surface area contributed by atoms with Gasteiger partial charge < -0.3 is 55.0 Å². The third-order valence-corrected chi connectivity index (χ3v) is 10.1. The van der Waals surface area contributed by atoms with Crippen LogP contribution in [0.25, 0.3) is 22.3 Å². The zero-order valence-corrected chi connectivity index (χ0v) is 35.0. The van der Waals surface area contributed by atoms with E-state index < -0.39 is 0 Å². The van der Waals surface area contributed by atoms with Gasteiger partial charge in [-0.05, 0) is 110 Å². The van der Waals surface area contributed by atoms with Crippen LogP contribution in [-0.4, -0.2) is 85.9 Å². The number of nitrogens with two attached hydrogens (primary N) is 1. The van der Waals surface area contributed by atoms with Gasteiger partial charge in [-0.3, -0.25) is 14.4 Å². The Morgan fingerprint density at radius 1 is 0.638 bits per heavy atom. The van der Waals surface area contributed by atoms with Gasteiger partial charge in [-0.1, -0.05) is 12.1 Å². The van der Waals surface area contributed by atoms with Gasteiger partial charge in [-0.15, -0.1) is 0 Å². The summed E-state index contributed by atoms with van der Waals surface area (Å²) in [5, 5.41) is 9.04. The first-order chi connectivity index (χ1) is 27.8. The highest BCUT2D eigenvalue weighted by atomic mass is 16.5. The first-order valence-electron chi connectivity index (χ1n) is 18.9. The number of amides is 3. The van der Waals surface area contributed by atoms with Crippen molar-refractivity contribution >= 4 is 29.1 Å². The van der Waals surface area contributed by atoms with Gasteiger partial charge in [0.25, 0.3) is 0 Å². The van der Waals surface area contributed by atoms with Gasteiger partial charge in [0.2, 0.25) is 29.2 Å². The van der Waals surface area contributed by atoms with Crippen LogP contribution in [0.5, 0.6) is 34.5 Å². The Kier molecular flexibility index (Phi) is 14.0. The molecule has 14 heteroatoms. The fraction of sp³-hybridized carbons (Fsp3) is 0.386. The van der Waals surface area contributed by atoms with Crippen LogP contribution in [0.2, 0.25) is 0 Å². The number of hydrogen-bond acceptors (Lipinski definition) is 11. The molecule has 0 aromatic heterocycles. The Morgan fingerprint density at radius 2 is 1.09 bits per heavy atom. The quantitative estimate of drug-likeness (QED) is 0.130. The second-order valence-electron chi connectivity index (χ2n) is 14.4. The predicted octanol–water partition coefficient (Wildman–Crippen LogP) is 6.09. The van der Waals surface area contributed by atoms with E-state index in [9.17, 15) is 14.4 Å². The van der Waals surface area contributed by atoms with Gasteiger partial charge >= 0.3 is 0 Å². The number of methoxy groups -OCH3 is 6. The summed E-state index contributed by atoms with van der Waals surface area (Å²) in [6.45, 7) is 3.31. The van der Waals surface area contributed by atoms with Gasteiger partial charge in [0.05, 0.1) is 61.3 Å². The van der Waals surface area contributed by atoms with Gasteiger partial charge in [0, 0.05) is 36.3 Å². The molecule has 0 spiro atoms. The number of rotatable bonds is 11. The monoisotopic (exact) mass is 797 g/mol. The first kappa shape index (κ1) is 43.0. The summed E-state index contributed by atoms with van der Waals surface area (Å²) in [7, 11) is 13.3. The van der Waals surface area contributed by atoms with Crippen molar-refractivity contribution in [3.05, 3.63) is 70.8 Å². The summed E-state index contributed by atoms with van der Waals surface area (Å²) < 4.78 is 33.7. The highest BCUT2D eigenvalue weighted by molar-refractivity contribution is 5.93. The lowest BCUT2D eigenvalue weighted by atomic mass is 9.93. The number of fused-ring (bicyclic) bond motifs is 6. The van der Waals surface area contributed by atoms with Crippen molar-refractivity contribution in [1.82, 2.24) is 15.5 Å². The summed E-state index contributed by atoms with van der Waals surface area (Å²) in [5.74, 6) is 3.19. The molecule has 5 N–H and O–H groups in total. The third-order valence-electron chi connectivity index (χ3n) is 10.1. The number of nitrogens with zero attached hydrogens (tertiary/aromatic N) is 1. The fourth-order valence-electron chi connectivity index (χ4n) is 7.84. The van der Waals surface area contributed by atoms with Crippen LogP contribution >= 0.6 is 0 Å². The van der Waals surface area contributed by atoms with Crippen molar-refractivity contribution in [2.45, 2.75) is 51.6 Å². The molecule has 2 aliphatic rings. The molecule has 14 nitrogen and oxygen atoms in total. The minimum Gasteiger partial charge on any atom is -0.493 e. The molecule has 0 aliphatic heterocycles. The lowest BCUT2D eigenvalue weighted by Gasteiger charge is -2.22. The standard InChI is InChI=1S/C24H31N3O5.C20H24N2O4/c1-14(28)25-19-10-7-15-11-20(30-4)23(31-5)24(32-6)22(15)17-9-8-16(12-18(17)19)26-21(29)13-27(2)3;1-11(23)22-16-8-5-12-9-17(24-2)19(25-3)20(26-4)18(12)14-7-6-13(21)10-15(14)16/h8-9,11-12,19H,7,10,13H2,1-6H3,(H,25,28)(H,26,29);6-7,9-10,16H,5,8,21H2,1-4H3,(H,22,23)/t19-;16-/m00/s1. The van der Waals surface area contributed by atoms with Gasteiger partial charge in [-0.2, -0.15) is 0 Å². The lowest BCUT2D eigenvalue weighted by molar-refractivity contribution is -0.120. The van der Waals surface area contributed by atoms with E-state index in [4.69, 9.17) is 34.2 Å². The number of anilines is 2. The molecule has 0 heterocycles. The fourth-order valence-corrected chi connectivity index (χ4v) is 7.84. The van der Waals surface area contributed by atoms with Crippen molar-refractivity contribution in [2.24, 2.45) is 0 Å². The van der Waals surface area contributed by atoms with Crippen molar-refractivity contribution in [3.8, 4) is 56.8 Å². The number of nitrogen functional groups attached to an aromatic ring is 1. The Morgan fingerprint density at radius 3 is 1.50 bits per heavy atom. The molecule has 3 amide bonds. The number of carbonyl (C=O) groups excluding carboxylic acids is 3.